The molecule has 0 spiro atoms. The molecule has 1 aromatic heterocycles. The van der Waals surface area contributed by atoms with Crippen LogP contribution in [0, 0.1) is 5.92 Å². The Balaban J connectivity index is 1.55. The second kappa shape index (κ2) is 6.40. The first-order chi connectivity index (χ1) is 11.0. The van der Waals surface area contributed by atoms with Crippen LogP contribution in [0.15, 0.2) is 24.5 Å². The van der Waals surface area contributed by atoms with E-state index in [-0.39, 0.29) is 17.7 Å². The molecule has 0 aliphatic carbocycles. The fourth-order valence-corrected chi connectivity index (χ4v) is 3.08. The molecule has 0 bridgehead atoms. The Labute approximate surface area is 135 Å². The van der Waals surface area contributed by atoms with E-state index in [1.807, 2.05) is 29.8 Å². The van der Waals surface area contributed by atoms with E-state index < -0.39 is 0 Å². The lowest BCUT2D eigenvalue weighted by Crippen LogP contribution is -2.42. The number of carbonyl (C=O) groups excluding carboxylic acids is 2. The number of benzene rings is 1. The number of rotatable bonds is 3. The van der Waals surface area contributed by atoms with Gasteiger partial charge in [0.25, 0.3) is 0 Å². The van der Waals surface area contributed by atoms with Crippen LogP contribution in [0.5, 0.6) is 0 Å². The first-order valence-electron chi connectivity index (χ1n) is 7.98. The van der Waals surface area contributed by atoms with Gasteiger partial charge in [0.15, 0.2) is 0 Å². The van der Waals surface area contributed by atoms with Crippen LogP contribution in [-0.2, 0) is 23.2 Å². The summed E-state index contributed by atoms with van der Waals surface area (Å²) in [6, 6.07) is 6.05. The average molecular weight is 314 g/mol. The van der Waals surface area contributed by atoms with Gasteiger partial charge in [-0.15, -0.1) is 0 Å². The average Bonchev–Trinajstić information content (AvgIpc) is 2.93. The molecule has 3 rings (SSSR count). The summed E-state index contributed by atoms with van der Waals surface area (Å²) in [6.07, 6.45) is 3.27. The van der Waals surface area contributed by atoms with Crippen LogP contribution in [0.1, 0.15) is 25.3 Å². The molecule has 6 nitrogen and oxygen atoms in total. The highest BCUT2D eigenvalue weighted by molar-refractivity contribution is 5.80. The smallest absolute Gasteiger partial charge is 0.223 e. The van der Waals surface area contributed by atoms with E-state index in [2.05, 4.69) is 10.3 Å². The van der Waals surface area contributed by atoms with Gasteiger partial charge in [-0.2, -0.15) is 0 Å². The van der Waals surface area contributed by atoms with Crippen molar-refractivity contribution in [1.82, 2.24) is 19.8 Å². The van der Waals surface area contributed by atoms with E-state index in [1.54, 1.807) is 18.2 Å². The van der Waals surface area contributed by atoms with E-state index in [1.165, 1.54) is 0 Å². The Morgan fingerprint density at radius 1 is 1.30 bits per heavy atom. The van der Waals surface area contributed by atoms with E-state index in [0.717, 1.165) is 29.4 Å². The van der Waals surface area contributed by atoms with Crippen LogP contribution in [0.25, 0.3) is 11.0 Å². The Morgan fingerprint density at radius 3 is 2.74 bits per heavy atom. The second-order valence-corrected chi connectivity index (χ2v) is 6.18. The summed E-state index contributed by atoms with van der Waals surface area (Å²) in [5, 5.41) is 3.01. The molecule has 1 aliphatic heterocycles. The zero-order valence-corrected chi connectivity index (χ0v) is 13.6. The summed E-state index contributed by atoms with van der Waals surface area (Å²) >= 11 is 0. The van der Waals surface area contributed by atoms with Crippen LogP contribution in [-0.4, -0.2) is 39.4 Å². The number of imidazole rings is 1. The number of carbonyl (C=O) groups is 2. The highest BCUT2D eigenvalue weighted by Gasteiger charge is 2.25. The summed E-state index contributed by atoms with van der Waals surface area (Å²) in [5.41, 5.74) is 3.07. The van der Waals surface area contributed by atoms with Crippen molar-refractivity contribution in [1.29, 1.82) is 0 Å². The first kappa shape index (κ1) is 15.5. The van der Waals surface area contributed by atoms with Crippen LogP contribution in [0.3, 0.4) is 0 Å². The predicted octanol–water partition coefficient (Wildman–Crippen LogP) is 1.45. The van der Waals surface area contributed by atoms with Gasteiger partial charge in [-0.3, -0.25) is 9.59 Å². The minimum atomic E-state index is 0.00387. The van der Waals surface area contributed by atoms with Crippen molar-refractivity contribution < 1.29 is 9.59 Å². The molecule has 1 saturated heterocycles. The fraction of sp³-hybridized carbons (Fsp3) is 0.471. The van der Waals surface area contributed by atoms with Gasteiger partial charge >= 0.3 is 0 Å². The summed E-state index contributed by atoms with van der Waals surface area (Å²) in [4.78, 5) is 29.7. The van der Waals surface area contributed by atoms with E-state index in [4.69, 9.17) is 0 Å². The molecule has 2 aromatic rings. The number of fused-ring (bicyclic) bond motifs is 1. The highest BCUT2D eigenvalue weighted by atomic mass is 16.2. The van der Waals surface area contributed by atoms with Gasteiger partial charge in [-0.1, -0.05) is 6.07 Å². The minimum Gasteiger partial charge on any atom is -0.352 e. The Morgan fingerprint density at radius 2 is 2.04 bits per heavy atom. The molecular weight excluding hydrogens is 292 g/mol. The summed E-state index contributed by atoms with van der Waals surface area (Å²) < 4.78 is 1.97. The van der Waals surface area contributed by atoms with Crippen molar-refractivity contribution in [2.75, 3.05) is 13.1 Å². The highest BCUT2D eigenvalue weighted by Crippen LogP contribution is 2.18. The number of amides is 2. The van der Waals surface area contributed by atoms with Gasteiger partial charge in [0, 0.05) is 39.5 Å². The fourth-order valence-electron chi connectivity index (χ4n) is 3.08. The van der Waals surface area contributed by atoms with Crippen molar-refractivity contribution in [3.8, 4) is 0 Å². The number of hydrogen-bond acceptors (Lipinski definition) is 3. The molecule has 2 heterocycles. The zero-order valence-electron chi connectivity index (χ0n) is 13.6. The molecule has 0 unspecified atom stereocenters. The number of aromatic nitrogens is 2. The summed E-state index contributed by atoms with van der Waals surface area (Å²) in [6.45, 7) is 3.44. The molecule has 1 fully saturated rings. The number of hydrogen-bond donors (Lipinski definition) is 1. The summed E-state index contributed by atoms with van der Waals surface area (Å²) in [7, 11) is 1.96. The van der Waals surface area contributed by atoms with Gasteiger partial charge in [-0.25, -0.2) is 4.98 Å². The Hall–Kier alpha value is -2.37. The maximum atomic E-state index is 12.3. The predicted molar refractivity (Wildman–Crippen MR) is 87.5 cm³/mol. The van der Waals surface area contributed by atoms with Gasteiger partial charge in [0.2, 0.25) is 11.8 Å². The zero-order chi connectivity index (χ0) is 16.4. The molecule has 122 valence electrons. The third-order valence-electron chi connectivity index (χ3n) is 4.57. The number of nitrogens with one attached hydrogen (secondary N) is 1. The maximum absolute atomic E-state index is 12.3. The third-order valence-corrected chi connectivity index (χ3v) is 4.57. The van der Waals surface area contributed by atoms with Crippen LogP contribution in [0.4, 0.5) is 0 Å². The standard InChI is InChI=1S/C17H22N4O2/c1-12(22)21-7-5-14(6-8-21)17(23)18-10-13-3-4-16-15(9-13)19-11-20(16)2/h3-4,9,11,14H,5-8,10H2,1-2H3,(H,18,23). The second-order valence-electron chi connectivity index (χ2n) is 6.18. The molecule has 1 aliphatic rings. The molecule has 0 saturated carbocycles. The van der Waals surface area contributed by atoms with Crippen LogP contribution in [0.2, 0.25) is 0 Å². The van der Waals surface area contributed by atoms with Crippen molar-refractivity contribution in [3.63, 3.8) is 0 Å². The minimum absolute atomic E-state index is 0.00387. The van der Waals surface area contributed by atoms with Crippen LogP contribution < -0.4 is 5.32 Å². The van der Waals surface area contributed by atoms with E-state index in [0.29, 0.717) is 19.6 Å². The molecule has 1 N–H and O–H groups in total. The van der Waals surface area contributed by atoms with Gasteiger partial charge in [-0.05, 0) is 30.5 Å². The lowest BCUT2D eigenvalue weighted by Gasteiger charge is -2.30. The monoisotopic (exact) mass is 314 g/mol. The summed E-state index contributed by atoms with van der Waals surface area (Å²) in [5.74, 6) is 0.172. The molecule has 0 radical (unpaired) electrons. The van der Waals surface area contributed by atoms with Gasteiger partial charge in [0.05, 0.1) is 17.4 Å². The van der Waals surface area contributed by atoms with Crippen molar-refractivity contribution in [3.05, 3.63) is 30.1 Å². The quantitative estimate of drug-likeness (QED) is 0.932. The Kier molecular flexibility index (Phi) is 4.32. The SMILES string of the molecule is CC(=O)N1CCC(C(=O)NCc2ccc3c(c2)ncn3C)CC1. The molecule has 2 amide bonds. The number of aryl methyl sites for hydroxylation is 1. The number of piperidine rings is 1. The Bertz CT molecular complexity index is 729. The van der Waals surface area contributed by atoms with Crippen LogP contribution >= 0.6 is 0 Å². The maximum Gasteiger partial charge on any atom is 0.223 e. The largest absolute Gasteiger partial charge is 0.352 e. The van der Waals surface area contributed by atoms with Crippen molar-refractivity contribution >= 4 is 22.8 Å². The van der Waals surface area contributed by atoms with Crippen molar-refractivity contribution in [2.24, 2.45) is 13.0 Å². The molecular formula is C17H22N4O2. The molecule has 6 heteroatoms. The molecule has 23 heavy (non-hydrogen) atoms. The first-order valence-corrected chi connectivity index (χ1v) is 7.98. The lowest BCUT2D eigenvalue weighted by atomic mass is 9.96. The normalized spacial score (nSPS) is 15.8. The number of likely N-dealkylation sites (tertiary alicyclic amines) is 1. The van der Waals surface area contributed by atoms with E-state index >= 15 is 0 Å². The van der Waals surface area contributed by atoms with Gasteiger partial charge in [0.1, 0.15) is 0 Å². The molecule has 0 atom stereocenters. The molecule has 1 aromatic carbocycles. The topological polar surface area (TPSA) is 67.2 Å². The lowest BCUT2D eigenvalue weighted by molar-refractivity contribution is -0.134. The van der Waals surface area contributed by atoms with E-state index in [9.17, 15) is 9.59 Å². The van der Waals surface area contributed by atoms with Crippen molar-refractivity contribution in [2.45, 2.75) is 26.3 Å². The number of nitrogens with zero attached hydrogens (tertiary/aromatic N) is 3. The van der Waals surface area contributed by atoms with Gasteiger partial charge < -0.3 is 14.8 Å². The third kappa shape index (κ3) is 3.36.